The molecule has 22 heavy (non-hydrogen) atoms. The van der Waals surface area contributed by atoms with E-state index in [2.05, 4.69) is 5.32 Å². The van der Waals surface area contributed by atoms with Gasteiger partial charge < -0.3 is 10.4 Å². The number of allylic oxidation sites excluding steroid dienone is 2. The number of hydrogen-bond donors (Lipinski definition) is 2. The van der Waals surface area contributed by atoms with Crippen LogP contribution in [0.1, 0.15) is 6.42 Å². The molecule has 0 saturated heterocycles. The minimum absolute atomic E-state index is 0.0517. The van der Waals surface area contributed by atoms with Gasteiger partial charge in [-0.1, -0.05) is 12.2 Å². The van der Waals surface area contributed by atoms with Gasteiger partial charge in [0.25, 0.3) is 5.69 Å². The molecule has 2 aliphatic carbocycles. The van der Waals surface area contributed by atoms with E-state index in [0.717, 1.165) is 0 Å². The SMILES string of the molecule is O=C(Nc1ccc([N+](=O)[O-])cc1)[C@@H]1[C@@H](C(=O)O)[C@H]2C=C[C@@H]1C2. The number of fused-ring (bicyclic) bond motifs is 2. The maximum absolute atomic E-state index is 12.4. The third kappa shape index (κ3) is 2.34. The molecule has 7 nitrogen and oxygen atoms in total. The Morgan fingerprint density at radius 3 is 2.27 bits per heavy atom. The fourth-order valence-electron chi connectivity index (χ4n) is 3.41. The van der Waals surface area contributed by atoms with Crippen molar-refractivity contribution in [1.82, 2.24) is 0 Å². The molecule has 0 unspecified atom stereocenters. The molecule has 1 aromatic rings. The number of non-ortho nitro benzene ring substituents is 1. The van der Waals surface area contributed by atoms with Gasteiger partial charge in [0.05, 0.1) is 16.8 Å². The minimum Gasteiger partial charge on any atom is -0.481 e. The number of nitro groups is 1. The van der Waals surface area contributed by atoms with Crippen molar-refractivity contribution >= 4 is 23.3 Å². The molecular weight excluding hydrogens is 288 g/mol. The maximum atomic E-state index is 12.4. The third-order valence-corrected chi connectivity index (χ3v) is 4.39. The van der Waals surface area contributed by atoms with Gasteiger partial charge in [0.15, 0.2) is 0 Å². The van der Waals surface area contributed by atoms with Crippen molar-refractivity contribution in [2.24, 2.45) is 23.7 Å². The van der Waals surface area contributed by atoms with Crippen LogP contribution < -0.4 is 5.32 Å². The fourth-order valence-corrected chi connectivity index (χ4v) is 3.41. The Morgan fingerprint density at radius 1 is 1.14 bits per heavy atom. The van der Waals surface area contributed by atoms with E-state index in [1.54, 1.807) is 0 Å². The van der Waals surface area contributed by atoms with Crippen molar-refractivity contribution in [3.8, 4) is 0 Å². The zero-order chi connectivity index (χ0) is 15.9. The lowest BCUT2D eigenvalue weighted by atomic mass is 9.82. The quantitative estimate of drug-likeness (QED) is 0.502. The summed E-state index contributed by atoms with van der Waals surface area (Å²) in [5.41, 5.74) is 0.357. The maximum Gasteiger partial charge on any atom is 0.307 e. The number of carboxylic acid groups (broad SMARTS) is 1. The minimum atomic E-state index is -0.958. The number of benzene rings is 1. The number of nitro benzene ring substituents is 1. The van der Waals surface area contributed by atoms with Gasteiger partial charge >= 0.3 is 5.97 Å². The van der Waals surface area contributed by atoms with Crippen LogP contribution in [0.15, 0.2) is 36.4 Å². The number of aliphatic carboxylic acids is 1. The number of amides is 1. The van der Waals surface area contributed by atoms with Crippen molar-refractivity contribution < 1.29 is 19.6 Å². The van der Waals surface area contributed by atoms with Gasteiger partial charge in [-0.25, -0.2) is 0 Å². The summed E-state index contributed by atoms with van der Waals surface area (Å²) in [5, 5.41) is 22.6. The molecule has 1 amide bonds. The molecular formula is C15H14N2O5. The van der Waals surface area contributed by atoms with Crippen LogP contribution in [-0.2, 0) is 9.59 Å². The summed E-state index contributed by atoms with van der Waals surface area (Å²) < 4.78 is 0. The Bertz CT molecular complexity index is 667. The molecule has 0 spiro atoms. The number of anilines is 1. The Kier molecular flexibility index (Phi) is 3.40. The molecule has 3 rings (SSSR count). The first-order valence-electron chi connectivity index (χ1n) is 6.94. The molecule has 1 saturated carbocycles. The van der Waals surface area contributed by atoms with Crippen molar-refractivity contribution in [3.63, 3.8) is 0 Å². The predicted molar refractivity (Wildman–Crippen MR) is 77.1 cm³/mol. The summed E-state index contributed by atoms with van der Waals surface area (Å²) in [7, 11) is 0. The van der Waals surface area contributed by atoms with E-state index < -0.39 is 22.7 Å². The molecule has 0 aromatic heterocycles. The van der Waals surface area contributed by atoms with Gasteiger partial charge in [0.2, 0.25) is 5.91 Å². The van der Waals surface area contributed by atoms with Gasteiger partial charge in [-0.15, -0.1) is 0 Å². The monoisotopic (exact) mass is 302 g/mol. The van der Waals surface area contributed by atoms with Gasteiger partial charge in [0.1, 0.15) is 0 Å². The zero-order valence-electron chi connectivity index (χ0n) is 11.5. The summed E-state index contributed by atoms with van der Waals surface area (Å²) in [6, 6.07) is 5.47. The van der Waals surface area contributed by atoms with Crippen LogP contribution in [-0.4, -0.2) is 21.9 Å². The third-order valence-electron chi connectivity index (χ3n) is 4.39. The molecule has 2 bridgehead atoms. The summed E-state index contributed by atoms with van der Waals surface area (Å²) in [5.74, 6) is -2.74. The predicted octanol–water partition coefficient (Wildman–Crippen LogP) is 2.06. The molecule has 0 heterocycles. The van der Waals surface area contributed by atoms with Crippen LogP contribution >= 0.6 is 0 Å². The summed E-state index contributed by atoms with van der Waals surface area (Å²) in [6.45, 7) is 0. The Balaban J connectivity index is 1.75. The molecule has 1 fully saturated rings. The summed E-state index contributed by atoms with van der Waals surface area (Å²) >= 11 is 0. The van der Waals surface area contributed by atoms with Crippen LogP contribution in [0.3, 0.4) is 0 Å². The Morgan fingerprint density at radius 2 is 1.73 bits per heavy atom. The van der Waals surface area contributed by atoms with Crippen LogP contribution in [0.5, 0.6) is 0 Å². The number of nitrogens with one attached hydrogen (secondary N) is 1. The molecule has 114 valence electrons. The summed E-state index contributed by atoms with van der Waals surface area (Å²) in [6.07, 6.45) is 4.47. The topological polar surface area (TPSA) is 110 Å². The first-order valence-corrected chi connectivity index (χ1v) is 6.94. The van der Waals surface area contributed by atoms with Crippen molar-refractivity contribution in [2.45, 2.75) is 6.42 Å². The highest BCUT2D eigenvalue weighted by atomic mass is 16.6. The number of rotatable bonds is 4. The molecule has 0 aliphatic heterocycles. The van der Waals surface area contributed by atoms with Crippen molar-refractivity contribution in [1.29, 1.82) is 0 Å². The lowest BCUT2D eigenvalue weighted by Gasteiger charge is -2.23. The average molecular weight is 302 g/mol. The molecule has 1 aromatic carbocycles. The molecule has 0 radical (unpaired) electrons. The molecule has 4 atom stereocenters. The smallest absolute Gasteiger partial charge is 0.307 e. The largest absolute Gasteiger partial charge is 0.481 e. The number of hydrogen-bond acceptors (Lipinski definition) is 4. The molecule has 2 aliphatic rings. The van der Waals surface area contributed by atoms with Gasteiger partial charge in [-0.3, -0.25) is 19.7 Å². The number of carboxylic acids is 1. The normalized spacial score (nSPS) is 28.5. The van der Waals surface area contributed by atoms with E-state index in [9.17, 15) is 24.8 Å². The van der Waals surface area contributed by atoms with Crippen LogP contribution in [0, 0.1) is 33.8 Å². The Labute approximate surface area is 125 Å². The van der Waals surface area contributed by atoms with Gasteiger partial charge in [-0.2, -0.15) is 0 Å². The highest BCUT2D eigenvalue weighted by molar-refractivity contribution is 5.96. The second-order valence-corrected chi connectivity index (χ2v) is 5.63. The second kappa shape index (κ2) is 5.25. The van der Waals surface area contributed by atoms with Crippen molar-refractivity contribution in [3.05, 3.63) is 46.5 Å². The molecule has 7 heteroatoms. The van der Waals surface area contributed by atoms with Crippen LogP contribution in [0.4, 0.5) is 11.4 Å². The zero-order valence-corrected chi connectivity index (χ0v) is 11.5. The highest BCUT2D eigenvalue weighted by Gasteiger charge is 2.51. The average Bonchev–Trinajstić information content (AvgIpc) is 3.08. The fraction of sp³-hybridized carbons (Fsp3) is 0.333. The summed E-state index contributed by atoms with van der Waals surface area (Å²) in [4.78, 5) is 33.9. The van der Waals surface area contributed by atoms with E-state index >= 15 is 0 Å². The van der Waals surface area contributed by atoms with Crippen molar-refractivity contribution in [2.75, 3.05) is 5.32 Å². The number of carbonyl (C=O) groups is 2. The first-order chi connectivity index (χ1) is 10.5. The Hall–Kier alpha value is -2.70. The lowest BCUT2D eigenvalue weighted by molar-refractivity contribution is -0.384. The standard InChI is InChI=1S/C15H14N2O5/c18-14(16-10-3-5-11(6-4-10)17(21)22)12-8-1-2-9(7-8)13(12)15(19)20/h1-6,8-9,12-13H,7H2,(H,16,18)(H,19,20)/t8-,9+,12+,13+/m1/s1. The second-order valence-electron chi connectivity index (χ2n) is 5.63. The van der Waals surface area contributed by atoms with E-state index in [-0.39, 0.29) is 23.4 Å². The van der Waals surface area contributed by atoms with E-state index in [1.807, 2.05) is 12.2 Å². The van der Waals surface area contributed by atoms with E-state index in [4.69, 9.17) is 0 Å². The van der Waals surface area contributed by atoms with Crippen LogP contribution in [0.25, 0.3) is 0 Å². The highest BCUT2D eigenvalue weighted by Crippen LogP contribution is 2.48. The van der Waals surface area contributed by atoms with Gasteiger partial charge in [-0.05, 0) is 30.4 Å². The van der Waals surface area contributed by atoms with Gasteiger partial charge in [0, 0.05) is 17.8 Å². The number of nitrogens with zero attached hydrogens (tertiary/aromatic N) is 1. The van der Waals surface area contributed by atoms with E-state index in [1.165, 1.54) is 24.3 Å². The number of carbonyl (C=O) groups excluding carboxylic acids is 1. The first kappa shape index (κ1) is 14.2. The van der Waals surface area contributed by atoms with Crippen LogP contribution in [0.2, 0.25) is 0 Å². The lowest BCUT2D eigenvalue weighted by Crippen LogP contribution is -2.36. The molecule has 2 N–H and O–H groups in total. The van der Waals surface area contributed by atoms with E-state index in [0.29, 0.717) is 12.1 Å².